The Morgan fingerprint density at radius 2 is 1.62 bits per heavy atom. The zero-order valence-electron chi connectivity index (χ0n) is 16.8. The predicted octanol–water partition coefficient (Wildman–Crippen LogP) is 3.77. The van der Waals surface area contributed by atoms with Gasteiger partial charge in [0.2, 0.25) is 0 Å². The number of carbonyl (C=O) groups is 1. The van der Waals surface area contributed by atoms with Crippen molar-refractivity contribution in [2.24, 2.45) is 0 Å². The Morgan fingerprint density at radius 1 is 0.862 bits per heavy atom. The molecule has 2 aromatic heterocycles. The third-order valence-electron chi connectivity index (χ3n) is 4.18. The number of urea groups is 1. The molecule has 29 heavy (non-hydrogen) atoms. The van der Waals surface area contributed by atoms with Crippen molar-refractivity contribution in [3.63, 3.8) is 0 Å². The van der Waals surface area contributed by atoms with Gasteiger partial charge in [0.15, 0.2) is 5.82 Å². The quantitative estimate of drug-likeness (QED) is 0.457. The largest absolute Gasteiger partial charge is 0.367 e. The first-order valence-corrected chi connectivity index (χ1v) is 9.39. The van der Waals surface area contributed by atoms with Crippen molar-refractivity contribution in [1.82, 2.24) is 20.5 Å². The van der Waals surface area contributed by atoms with Crippen molar-refractivity contribution in [3.8, 4) is 0 Å². The second-order valence-corrected chi connectivity index (χ2v) is 6.77. The molecule has 0 fully saturated rings. The van der Waals surface area contributed by atoms with Crippen LogP contribution in [0.1, 0.15) is 16.7 Å². The number of anilines is 4. The zero-order chi connectivity index (χ0) is 20.6. The molecule has 150 valence electrons. The Bertz CT molecular complexity index is 973. The van der Waals surface area contributed by atoms with Gasteiger partial charge in [0.25, 0.3) is 0 Å². The Kier molecular flexibility index (Phi) is 6.57. The summed E-state index contributed by atoms with van der Waals surface area (Å²) in [6.45, 7) is 6.97. The van der Waals surface area contributed by atoms with Crippen molar-refractivity contribution < 1.29 is 4.79 Å². The molecule has 4 N–H and O–H groups in total. The van der Waals surface area contributed by atoms with E-state index in [1.165, 1.54) is 0 Å². The van der Waals surface area contributed by atoms with Crippen LogP contribution >= 0.6 is 0 Å². The lowest BCUT2D eigenvalue weighted by Gasteiger charge is -2.11. The molecule has 0 spiro atoms. The molecule has 0 aliphatic heterocycles. The van der Waals surface area contributed by atoms with Gasteiger partial charge >= 0.3 is 6.03 Å². The Labute approximate surface area is 170 Å². The molecule has 0 atom stereocenters. The van der Waals surface area contributed by atoms with Gasteiger partial charge < -0.3 is 21.3 Å². The van der Waals surface area contributed by atoms with Crippen molar-refractivity contribution in [1.29, 1.82) is 0 Å². The van der Waals surface area contributed by atoms with E-state index in [1.54, 1.807) is 6.20 Å². The minimum atomic E-state index is -0.241. The highest BCUT2D eigenvalue weighted by Gasteiger charge is 2.04. The van der Waals surface area contributed by atoms with Crippen molar-refractivity contribution >= 4 is 29.2 Å². The second-order valence-electron chi connectivity index (χ2n) is 6.77. The Morgan fingerprint density at radius 3 is 2.34 bits per heavy atom. The first kappa shape index (κ1) is 20.1. The first-order chi connectivity index (χ1) is 14.0. The van der Waals surface area contributed by atoms with Gasteiger partial charge in [-0.2, -0.15) is 0 Å². The number of nitrogens with zero attached hydrogens (tertiary/aromatic N) is 3. The molecule has 2 amide bonds. The molecule has 3 rings (SSSR count). The SMILES string of the molecule is Cc1ccnc(Nc2ccc(NCCNC(=O)Nc3ccc(C)cc3C)nn2)c1. The van der Waals surface area contributed by atoms with Crippen LogP contribution in [0.25, 0.3) is 0 Å². The molecular weight excluding hydrogens is 366 g/mol. The van der Waals surface area contributed by atoms with E-state index in [2.05, 4.69) is 36.4 Å². The van der Waals surface area contributed by atoms with E-state index in [-0.39, 0.29) is 6.03 Å². The van der Waals surface area contributed by atoms with Crippen LogP contribution in [0.4, 0.5) is 27.9 Å². The monoisotopic (exact) mass is 391 g/mol. The van der Waals surface area contributed by atoms with E-state index in [4.69, 9.17) is 0 Å². The molecule has 3 aromatic rings. The number of hydrogen-bond acceptors (Lipinski definition) is 6. The third kappa shape index (κ3) is 6.17. The second kappa shape index (κ2) is 9.50. The summed E-state index contributed by atoms with van der Waals surface area (Å²) in [6.07, 6.45) is 1.74. The van der Waals surface area contributed by atoms with E-state index in [9.17, 15) is 4.79 Å². The summed E-state index contributed by atoms with van der Waals surface area (Å²) >= 11 is 0. The molecular formula is C21H25N7O. The maximum Gasteiger partial charge on any atom is 0.319 e. The van der Waals surface area contributed by atoms with Crippen molar-refractivity contribution in [3.05, 3.63) is 65.4 Å². The van der Waals surface area contributed by atoms with E-state index in [1.807, 2.05) is 63.2 Å². The summed E-state index contributed by atoms with van der Waals surface area (Å²) in [7, 11) is 0. The maximum absolute atomic E-state index is 12.0. The van der Waals surface area contributed by atoms with Gasteiger partial charge in [0.05, 0.1) is 0 Å². The van der Waals surface area contributed by atoms with Gasteiger partial charge in [-0.3, -0.25) is 0 Å². The molecule has 2 heterocycles. The predicted molar refractivity (Wildman–Crippen MR) is 116 cm³/mol. The maximum atomic E-state index is 12.0. The summed E-state index contributed by atoms with van der Waals surface area (Å²) in [4.78, 5) is 16.2. The third-order valence-corrected chi connectivity index (χ3v) is 4.18. The molecule has 0 aliphatic carbocycles. The van der Waals surface area contributed by atoms with Crippen LogP contribution in [0.3, 0.4) is 0 Å². The number of aromatic nitrogens is 3. The molecule has 0 radical (unpaired) electrons. The van der Waals surface area contributed by atoms with Crippen LogP contribution in [-0.4, -0.2) is 34.3 Å². The van der Waals surface area contributed by atoms with Crippen LogP contribution < -0.4 is 21.3 Å². The van der Waals surface area contributed by atoms with Crippen LogP contribution in [-0.2, 0) is 0 Å². The fraction of sp³-hybridized carbons (Fsp3) is 0.238. The van der Waals surface area contributed by atoms with Gasteiger partial charge in [0, 0.05) is 25.0 Å². The highest BCUT2D eigenvalue weighted by Crippen LogP contribution is 2.16. The number of nitrogens with one attached hydrogen (secondary N) is 4. The van der Waals surface area contributed by atoms with E-state index in [0.717, 1.165) is 28.2 Å². The highest BCUT2D eigenvalue weighted by molar-refractivity contribution is 5.90. The van der Waals surface area contributed by atoms with Crippen LogP contribution in [0.15, 0.2) is 48.7 Å². The number of carbonyl (C=O) groups excluding carboxylic acids is 1. The van der Waals surface area contributed by atoms with Crippen LogP contribution in [0.5, 0.6) is 0 Å². The Balaban J connectivity index is 1.40. The van der Waals surface area contributed by atoms with Crippen molar-refractivity contribution in [2.45, 2.75) is 20.8 Å². The highest BCUT2D eigenvalue weighted by atomic mass is 16.2. The summed E-state index contributed by atoms with van der Waals surface area (Å²) < 4.78 is 0. The summed E-state index contributed by atoms with van der Waals surface area (Å²) in [5.41, 5.74) is 4.11. The van der Waals surface area contributed by atoms with E-state index in [0.29, 0.717) is 24.7 Å². The first-order valence-electron chi connectivity index (χ1n) is 9.39. The van der Waals surface area contributed by atoms with Gasteiger partial charge in [0.1, 0.15) is 11.6 Å². The van der Waals surface area contributed by atoms with Gasteiger partial charge in [-0.25, -0.2) is 9.78 Å². The zero-order valence-corrected chi connectivity index (χ0v) is 16.8. The molecule has 0 bridgehead atoms. The van der Waals surface area contributed by atoms with Gasteiger partial charge in [-0.15, -0.1) is 10.2 Å². The topological polar surface area (TPSA) is 104 Å². The lowest BCUT2D eigenvalue weighted by molar-refractivity contribution is 0.252. The Hall–Kier alpha value is -3.68. The molecule has 0 aliphatic rings. The van der Waals surface area contributed by atoms with Crippen molar-refractivity contribution in [2.75, 3.05) is 29.0 Å². The number of pyridine rings is 1. The standard InChI is InChI=1S/C21H25N7O/c1-14-4-5-17(16(3)12-14)25-21(29)24-11-10-23-18-6-7-19(28-27-18)26-20-13-15(2)8-9-22-20/h4-9,12-13H,10-11H2,1-3H3,(H,23,27)(H,22,26,28)(H2,24,25,29). The normalized spacial score (nSPS) is 10.3. The number of benzene rings is 1. The number of aryl methyl sites for hydroxylation is 3. The number of amides is 2. The van der Waals surface area contributed by atoms with E-state index >= 15 is 0 Å². The minimum absolute atomic E-state index is 0.241. The molecule has 8 heteroatoms. The molecule has 0 saturated heterocycles. The average molecular weight is 391 g/mol. The lowest BCUT2D eigenvalue weighted by atomic mass is 10.1. The van der Waals surface area contributed by atoms with Crippen LogP contribution in [0.2, 0.25) is 0 Å². The van der Waals surface area contributed by atoms with Gasteiger partial charge in [-0.1, -0.05) is 17.7 Å². The fourth-order valence-corrected chi connectivity index (χ4v) is 2.72. The molecule has 1 aromatic carbocycles. The molecule has 0 saturated carbocycles. The fourth-order valence-electron chi connectivity index (χ4n) is 2.72. The van der Waals surface area contributed by atoms with Crippen LogP contribution in [0, 0.1) is 20.8 Å². The molecule has 0 unspecified atom stereocenters. The number of hydrogen-bond donors (Lipinski definition) is 4. The summed E-state index contributed by atoms with van der Waals surface area (Å²) in [5, 5.41) is 20.1. The summed E-state index contributed by atoms with van der Waals surface area (Å²) in [5.74, 6) is 1.96. The molecule has 8 nitrogen and oxygen atoms in total. The summed E-state index contributed by atoms with van der Waals surface area (Å²) in [6, 6.07) is 13.2. The lowest BCUT2D eigenvalue weighted by Crippen LogP contribution is -2.33. The number of rotatable bonds is 7. The smallest absolute Gasteiger partial charge is 0.319 e. The van der Waals surface area contributed by atoms with Gasteiger partial charge in [-0.05, 0) is 62.2 Å². The minimum Gasteiger partial charge on any atom is -0.367 e. The van der Waals surface area contributed by atoms with E-state index < -0.39 is 0 Å². The average Bonchev–Trinajstić information content (AvgIpc) is 2.69.